The van der Waals surface area contributed by atoms with E-state index in [-0.39, 0.29) is 17.0 Å². The van der Waals surface area contributed by atoms with E-state index in [1.165, 1.54) is 6.07 Å². The van der Waals surface area contributed by atoms with E-state index < -0.39 is 17.5 Å². The molecule has 0 aliphatic carbocycles. The summed E-state index contributed by atoms with van der Waals surface area (Å²) in [6.07, 6.45) is 0.0977. The molecule has 0 aromatic heterocycles. The number of rotatable bonds is 4. The van der Waals surface area contributed by atoms with Crippen LogP contribution < -0.4 is 5.32 Å². The van der Waals surface area contributed by atoms with Crippen LogP contribution in [0.5, 0.6) is 0 Å². The Bertz CT molecular complexity index is 800. The van der Waals surface area contributed by atoms with Crippen LogP contribution in [0, 0.1) is 5.82 Å². The molecule has 4 nitrogen and oxygen atoms in total. The van der Waals surface area contributed by atoms with Gasteiger partial charge in [0.15, 0.2) is 6.29 Å². The van der Waals surface area contributed by atoms with Crippen LogP contribution in [-0.4, -0.2) is 18.0 Å². The summed E-state index contributed by atoms with van der Waals surface area (Å²) in [5, 5.41) is 2.72. The lowest BCUT2D eigenvalue weighted by Crippen LogP contribution is -2.27. The highest BCUT2D eigenvalue weighted by atomic mass is 35.5. The van der Waals surface area contributed by atoms with E-state index in [1.54, 1.807) is 51.1 Å². The van der Waals surface area contributed by atoms with Crippen molar-refractivity contribution >= 4 is 29.7 Å². The van der Waals surface area contributed by atoms with Crippen LogP contribution in [0.25, 0.3) is 0 Å². The number of hydrogen-bond donors (Lipinski definition) is 1. The molecular weight excluding hydrogens is 345 g/mol. The molecule has 2 rings (SSSR count). The van der Waals surface area contributed by atoms with Gasteiger partial charge in [0, 0.05) is 12.1 Å². The van der Waals surface area contributed by atoms with Gasteiger partial charge in [0.2, 0.25) is 0 Å². The fourth-order valence-electron chi connectivity index (χ4n) is 2.26. The van der Waals surface area contributed by atoms with Gasteiger partial charge in [0.05, 0.1) is 10.6 Å². The fraction of sp³-hybridized carbons (Fsp3) is 0.263. The van der Waals surface area contributed by atoms with Crippen LogP contribution in [0.3, 0.4) is 0 Å². The second kappa shape index (κ2) is 7.66. The van der Waals surface area contributed by atoms with E-state index in [0.29, 0.717) is 17.5 Å². The Kier molecular flexibility index (Phi) is 5.80. The standard InChI is InChI=1S/C19H19ClFNO3/c1-19(2,3)25-18(24)22-14-6-4-5-12(10-14)9-13-7-8-16(20)15(11-23)17(13)21/h4-8,10-11H,9H2,1-3H3,(H,22,24). The first-order chi connectivity index (χ1) is 11.7. The van der Waals surface area contributed by atoms with Crippen molar-refractivity contribution in [3.05, 3.63) is 63.9 Å². The second-order valence-electron chi connectivity index (χ2n) is 6.56. The topological polar surface area (TPSA) is 55.4 Å². The quantitative estimate of drug-likeness (QED) is 0.757. The van der Waals surface area contributed by atoms with E-state index in [1.807, 2.05) is 0 Å². The first-order valence-corrected chi connectivity index (χ1v) is 8.08. The maximum absolute atomic E-state index is 14.3. The minimum Gasteiger partial charge on any atom is -0.444 e. The summed E-state index contributed by atoms with van der Waals surface area (Å²) >= 11 is 5.81. The maximum Gasteiger partial charge on any atom is 0.412 e. The fourth-order valence-corrected chi connectivity index (χ4v) is 2.45. The summed E-state index contributed by atoms with van der Waals surface area (Å²) in [5.74, 6) is -0.631. The molecule has 0 aliphatic rings. The summed E-state index contributed by atoms with van der Waals surface area (Å²) in [6.45, 7) is 5.32. The molecule has 0 fully saturated rings. The average Bonchev–Trinajstić information content (AvgIpc) is 2.49. The number of carbonyl (C=O) groups excluding carboxylic acids is 2. The normalized spacial score (nSPS) is 11.1. The molecule has 0 saturated carbocycles. The predicted octanol–water partition coefficient (Wildman–Crippen LogP) is 5.23. The maximum atomic E-state index is 14.3. The summed E-state index contributed by atoms with van der Waals surface area (Å²) < 4.78 is 19.5. The minimum atomic E-state index is -0.631. The molecule has 0 unspecified atom stereocenters. The van der Waals surface area contributed by atoms with Crippen molar-refractivity contribution in [2.45, 2.75) is 32.8 Å². The number of benzene rings is 2. The molecular formula is C19H19ClFNO3. The molecule has 25 heavy (non-hydrogen) atoms. The second-order valence-corrected chi connectivity index (χ2v) is 6.96. The minimum absolute atomic E-state index is 0.0802. The number of aldehydes is 1. The number of anilines is 1. The van der Waals surface area contributed by atoms with Crippen LogP contribution in [0.2, 0.25) is 5.02 Å². The predicted molar refractivity (Wildman–Crippen MR) is 95.9 cm³/mol. The number of ether oxygens (including phenoxy) is 1. The van der Waals surface area contributed by atoms with Crippen LogP contribution >= 0.6 is 11.6 Å². The lowest BCUT2D eigenvalue weighted by molar-refractivity contribution is 0.0636. The van der Waals surface area contributed by atoms with Gasteiger partial charge in [-0.25, -0.2) is 9.18 Å². The van der Waals surface area contributed by atoms with E-state index >= 15 is 0 Å². The molecule has 6 heteroatoms. The Morgan fingerprint density at radius 2 is 2.00 bits per heavy atom. The Hall–Kier alpha value is -2.40. The summed E-state index contributed by atoms with van der Waals surface area (Å²) in [4.78, 5) is 22.8. The highest BCUT2D eigenvalue weighted by molar-refractivity contribution is 6.33. The van der Waals surface area contributed by atoms with Crippen molar-refractivity contribution in [2.24, 2.45) is 0 Å². The first-order valence-electron chi connectivity index (χ1n) is 7.70. The zero-order valence-electron chi connectivity index (χ0n) is 14.2. The Labute approximate surface area is 150 Å². The monoisotopic (exact) mass is 363 g/mol. The zero-order chi connectivity index (χ0) is 18.6. The highest BCUT2D eigenvalue weighted by Gasteiger charge is 2.16. The molecule has 0 saturated heterocycles. The summed E-state index contributed by atoms with van der Waals surface area (Å²) in [5.41, 5.74) is 0.908. The number of hydrogen-bond acceptors (Lipinski definition) is 3. The Morgan fingerprint density at radius 1 is 1.28 bits per heavy atom. The molecule has 2 aromatic carbocycles. The van der Waals surface area contributed by atoms with Crippen molar-refractivity contribution in [1.29, 1.82) is 0 Å². The van der Waals surface area contributed by atoms with E-state index in [2.05, 4.69) is 5.32 Å². The van der Waals surface area contributed by atoms with Crippen molar-refractivity contribution in [1.82, 2.24) is 0 Å². The number of carbonyl (C=O) groups is 2. The molecule has 0 atom stereocenters. The van der Waals surface area contributed by atoms with Gasteiger partial charge in [-0.1, -0.05) is 29.8 Å². The van der Waals surface area contributed by atoms with Gasteiger partial charge in [-0.05, 0) is 50.1 Å². The molecule has 1 amide bonds. The van der Waals surface area contributed by atoms with Gasteiger partial charge < -0.3 is 4.74 Å². The third-order valence-corrected chi connectivity index (χ3v) is 3.62. The van der Waals surface area contributed by atoms with Gasteiger partial charge in [0.1, 0.15) is 11.4 Å². The van der Waals surface area contributed by atoms with E-state index in [4.69, 9.17) is 16.3 Å². The van der Waals surface area contributed by atoms with Crippen LogP contribution in [-0.2, 0) is 11.2 Å². The Balaban J connectivity index is 2.17. The third kappa shape index (κ3) is 5.29. The first kappa shape index (κ1) is 18.9. The number of amides is 1. The van der Waals surface area contributed by atoms with Crippen LogP contribution in [0.4, 0.5) is 14.9 Å². The highest BCUT2D eigenvalue weighted by Crippen LogP contribution is 2.23. The van der Waals surface area contributed by atoms with Gasteiger partial charge in [-0.15, -0.1) is 0 Å². The van der Waals surface area contributed by atoms with Crippen molar-refractivity contribution in [2.75, 3.05) is 5.32 Å². The van der Waals surface area contributed by atoms with Gasteiger partial charge in [0.25, 0.3) is 0 Å². The zero-order valence-corrected chi connectivity index (χ0v) is 15.0. The lowest BCUT2D eigenvalue weighted by Gasteiger charge is -2.19. The molecule has 0 bridgehead atoms. The number of nitrogens with one attached hydrogen (secondary N) is 1. The van der Waals surface area contributed by atoms with E-state index in [9.17, 15) is 14.0 Å². The molecule has 0 spiro atoms. The molecule has 0 radical (unpaired) electrons. The van der Waals surface area contributed by atoms with E-state index in [0.717, 1.165) is 5.56 Å². The molecule has 1 N–H and O–H groups in total. The third-order valence-electron chi connectivity index (χ3n) is 3.29. The average molecular weight is 364 g/mol. The van der Waals surface area contributed by atoms with Gasteiger partial charge in [-0.3, -0.25) is 10.1 Å². The molecule has 2 aromatic rings. The van der Waals surface area contributed by atoms with Crippen molar-refractivity contribution in [3.8, 4) is 0 Å². The SMILES string of the molecule is CC(C)(C)OC(=O)Nc1cccc(Cc2ccc(Cl)c(C=O)c2F)c1. The smallest absolute Gasteiger partial charge is 0.412 e. The molecule has 0 aliphatic heterocycles. The lowest BCUT2D eigenvalue weighted by atomic mass is 10.0. The number of halogens is 2. The summed E-state index contributed by atoms with van der Waals surface area (Å²) in [7, 11) is 0. The van der Waals surface area contributed by atoms with Crippen LogP contribution in [0.1, 0.15) is 42.3 Å². The Morgan fingerprint density at radius 3 is 2.64 bits per heavy atom. The van der Waals surface area contributed by atoms with Crippen molar-refractivity contribution in [3.63, 3.8) is 0 Å². The summed E-state index contributed by atoms with van der Waals surface area (Å²) in [6, 6.07) is 10.0. The molecule has 0 heterocycles. The molecule has 132 valence electrons. The largest absolute Gasteiger partial charge is 0.444 e. The van der Waals surface area contributed by atoms with Crippen molar-refractivity contribution < 1.29 is 18.7 Å². The van der Waals surface area contributed by atoms with Crippen LogP contribution in [0.15, 0.2) is 36.4 Å². The van der Waals surface area contributed by atoms with Gasteiger partial charge >= 0.3 is 6.09 Å². The van der Waals surface area contributed by atoms with Gasteiger partial charge in [-0.2, -0.15) is 0 Å².